The van der Waals surface area contributed by atoms with Crippen LogP contribution < -0.4 is 0 Å². The zero-order valence-corrected chi connectivity index (χ0v) is 15.7. The lowest BCUT2D eigenvalue weighted by Crippen LogP contribution is -2.28. The number of halogens is 1. The molecule has 5 rings (SSSR count). The van der Waals surface area contributed by atoms with Crippen molar-refractivity contribution in [2.24, 2.45) is 0 Å². The van der Waals surface area contributed by atoms with E-state index < -0.39 is 5.41 Å². The van der Waals surface area contributed by atoms with Crippen molar-refractivity contribution in [3.8, 4) is 22.6 Å². The summed E-state index contributed by atoms with van der Waals surface area (Å²) in [5.41, 5.74) is 6.03. The minimum atomic E-state index is -0.585. The first-order valence-electron chi connectivity index (χ1n) is 9.09. The van der Waals surface area contributed by atoms with Gasteiger partial charge in [-0.2, -0.15) is 0 Å². The third kappa shape index (κ3) is 2.28. The van der Waals surface area contributed by atoms with E-state index in [9.17, 15) is 10.2 Å². The van der Waals surface area contributed by atoms with Gasteiger partial charge in [0.2, 0.25) is 0 Å². The number of aromatic hydroxyl groups is 2. The van der Waals surface area contributed by atoms with Crippen LogP contribution in [0, 0.1) is 0 Å². The van der Waals surface area contributed by atoms with Crippen molar-refractivity contribution in [1.29, 1.82) is 0 Å². The van der Waals surface area contributed by atoms with E-state index in [1.54, 1.807) is 24.3 Å². The van der Waals surface area contributed by atoms with Gasteiger partial charge in [-0.3, -0.25) is 0 Å². The van der Waals surface area contributed by atoms with Gasteiger partial charge in [0, 0.05) is 5.02 Å². The van der Waals surface area contributed by atoms with Gasteiger partial charge in [-0.15, -0.1) is 0 Å². The molecule has 1 aliphatic carbocycles. The fourth-order valence-electron chi connectivity index (χ4n) is 4.46. The number of fused-ring (bicyclic) bond motifs is 3. The largest absolute Gasteiger partial charge is 0.508 e. The fraction of sp³-hybridized carbons (Fsp3) is 0.0400. The molecule has 1 aliphatic rings. The Balaban J connectivity index is 1.96. The van der Waals surface area contributed by atoms with E-state index in [2.05, 4.69) is 18.2 Å². The van der Waals surface area contributed by atoms with Gasteiger partial charge < -0.3 is 10.2 Å². The van der Waals surface area contributed by atoms with Gasteiger partial charge in [-0.25, -0.2) is 0 Å². The molecule has 2 nitrogen and oxygen atoms in total. The smallest absolute Gasteiger partial charge is 0.115 e. The average molecular weight is 385 g/mol. The van der Waals surface area contributed by atoms with Crippen molar-refractivity contribution in [2.45, 2.75) is 5.41 Å². The maximum atomic E-state index is 9.87. The van der Waals surface area contributed by atoms with Gasteiger partial charge in [-0.05, 0) is 69.8 Å². The quantitative estimate of drug-likeness (QED) is 0.385. The second kappa shape index (κ2) is 6.15. The van der Waals surface area contributed by atoms with Crippen molar-refractivity contribution in [3.05, 3.63) is 118 Å². The van der Waals surface area contributed by atoms with E-state index in [4.69, 9.17) is 11.6 Å². The predicted octanol–water partition coefficient (Wildman–Crippen LogP) is 6.11. The van der Waals surface area contributed by atoms with Crippen LogP contribution in [0.2, 0.25) is 5.02 Å². The third-order valence-electron chi connectivity index (χ3n) is 5.61. The second-order valence-corrected chi connectivity index (χ2v) is 7.52. The number of phenolic OH excluding ortho intramolecular Hbond substituents is 2. The van der Waals surface area contributed by atoms with Gasteiger partial charge >= 0.3 is 0 Å². The van der Waals surface area contributed by atoms with E-state index in [-0.39, 0.29) is 11.5 Å². The number of hydrogen-bond donors (Lipinski definition) is 2. The molecule has 0 amide bonds. The molecule has 28 heavy (non-hydrogen) atoms. The number of hydrogen-bond acceptors (Lipinski definition) is 2. The Morgan fingerprint density at radius 3 is 1.71 bits per heavy atom. The van der Waals surface area contributed by atoms with Crippen LogP contribution >= 0.6 is 11.6 Å². The molecule has 0 aromatic heterocycles. The summed E-state index contributed by atoms with van der Waals surface area (Å²) in [4.78, 5) is 0. The van der Waals surface area contributed by atoms with Crippen LogP contribution in [0.3, 0.4) is 0 Å². The van der Waals surface area contributed by atoms with Crippen LogP contribution in [-0.4, -0.2) is 10.2 Å². The second-order valence-electron chi connectivity index (χ2n) is 7.08. The van der Waals surface area contributed by atoms with Crippen LogP contribution in [0.5, 0.6) is 11.5 Å². The topological polar surface area (TPSA) is 40.5 Å². The van der Waals surface area contributed by atoms with Crippen LogP contribution in [0.4, 0.5) is 0 Å². The Labute approximate surface area is 168 Å². The zero-order chi connectivity index (χ0) is 19.3. The Morgan fingerprint density at radius 1 is 0.571 bits per heavy atom. The van der Waals surface area contributed by atoms with Crippen LogP contribution in [0.1, 0.15) is 22.3 Å². The summed E-state index contributed by atoms with van der Waals surface area (Å²) in [5.74, 6) is 0.449. The minimum absolute atomic E-state index is 0.224. The Bertz CT molecular complexity index is 1130. The average Bonchev–Trinajstić information content (AvgIpc) is 3.00. The lowest BCUT2D eigenvalue weighted by Gasteiger charge is -2.34. The van der Waals surface area contributed by atoms with Crippen molar-refractivity contribution in [1.82, 2.24) is 0 Å². The third-order valence-corrected chi connectivity index (χ3v) is 5.84. The molecule has 4 aromatic carbocycles. The van der Waals surface area contributed by atoms with Crippen molar-refractivity contribution in [3.63, 3.8) is 0 Å². The van der Waals surface area contributed by atoms with E-state index in [0.29, 0.717) is 5.02 Å². The molecule has 0 aliphatic heterocycles. The highest BCUT2D eigenvalue weighted by Crippen LogP contribution is 2.56. The summed E-state index contributed by atoms with van der Waals surface area (Å²) in [6.45, 7) is 0. The Hall–Kier alpha value is -3.23. The van der Waals surface area contributed by atoms with Crippen LogP contribution in [0.25, 0.3) is 11.1 Å². The van der Waals surface area contributed by atoms with Gasteiger partial charge in [0.05, 0.1) is 5.41 Å². The van der Waals surface area contributed by atoms with Crippen LogP contribution in [0.15, 0.2) is 91.0 Å². The summed E-state index contributed by atoms with van der Waals surface area (Å²) in [6, 6.07) is 29.0. The van der Waals surface area contributed by atoms with Crippen LogP contribution in [-0.2, 0) is 5.41 Å². The zero-order valence-electron chi connectivity index (χ0n) is 14.9. The Kier molecular flexibility index (Phi) is 3.71. The van der Waals surface area contributed by atoms with E-state index >= 15 is 0 Å². The highest BCUT2D eigenvalue weighted by atomic mass is 35.5. The predicted molar refractivity (Wildman–Crippen MR) is 112 cm³/mol. The number of benzene rings is 4. The summed E-state index contributed by atoms with van der Waals surface area (Å²) in [6.07, 6.45) is 0. The number of phenols is 2. The van der Waals surface area contributed by atoms with E-state index in [0.717, 1.165) is 33.4 Å². The molecule has 136 valence electrons. The molecule has 3 heteroatoms. The van der Waals surface area contributed by atoms with Crippen molar-refractivity contribution >= 4 is 11.6 Å². The Morgan fingerprint density at radius 2 is 1.11 bits per heavy atom. The highest BCUT2D eigenvalue weighted by Gasteiger charge is 2.46. The summed E-state index contributed by atoms with van der Waals surface area (Å²) < 4.78 is 0. The standard InChI is InChI=1S/C25H17ClO2/c26-18-9-14-22-21-3-1-2-4-23(21)25(24(22)15-18,16-5-10-19(27)11-6-16)17-7-12-20(28)13-8-17/h1-15,27-28H. The highest BCUT2D eigenvalue weighted by molar-refractivity contribution is 6.30. The molecule has 2 N–H and O–H groups in total. The lowest BCUT2D eigenvalue weighted by molar-refractivity contribution is 0.475. The van der Waals surface area contributed by atoms with Crippen molar-refractivity contribution in [2.75, 3.05) is 0 Å². The van der Waals surface area contributed by atoms with Gasteiger partial charge in [0.25, 0.3) is 0 Å². The molecule has 0 spiro atoms. The summed E-state index contributed by atoms with van der Waals surface area (Å²) in [7, 11) is 0. The van der Waals surface area contributed by atoms with Crippen molar-refractivity contribution < 1.29 is 10.2 Å². The van der Waals surface area contributed by atoms with E-state index in [1.165, 1.54) is 0 Å². The molecular weight excluding hydrogens is 368 g/mol. The maximum absolute atomic E-state index is 9.87. The maximum Gasteiger partial charge on any atom is 0.115 e. The molecular formula is C25H17ClO2. The molecule has 4 aromatic rings. The first kappa shape index (κ1) is 16.9. The normalized spacial score (nSPS) is 13.8. The minimum Gasteiger partial charge on any atom is -0.508 e. The molecule has 0 heterocycles. The monoisotopic (exact) mass is 384 g/mol. The molecule has 0 atom stereocenters. The number of rotatable bonds is 2. The molecule has 0 unspecified atom stereocenters. The lowest BCUT2D eigenvalue weighted by atomic mass is 9.68. The van der Waals surface area contributed by atoms with E-state index in [1.807, 2.05) is 48.5 Å². The van der Waals surface area contributed by atoms with Gasteiger partial charge in [0.15, 0.2) is 0 Å². The first-order chi connectivity index (χ1) is 13.6. The fourth-order valence-corrected chi connectivity index (χ4v) is 4.64. The van der Waals surface area contributed by atoms with Gasteiger partial charge in [0.1, 0.15) is 11.5 Å². The molecule has 0 saturated carbocycles. The molecule has 0 bridgehead atoms. The summed E-state index contributed by atoms with van der Waals surface area (Å²) >= 11 is 6.44. The summed E-state index contributed by atoms with van der Waals surface area (Å²) in [5, 5.41) is 20.4. The SMILES string of the molecule is Oc1ccc(C2(c3ccc(O)cc3)c3ccccc3-c3ccc(Cl)cc32)cc1. The molecule has 0 radical (unpaired) electrons. The van der Waals surface area contributed by atoms with Gasteiger partial charge in [-0.1, -0.05) is 66.2 Å². The first-order valence-corrected chi connectivity index (χ1v) is 9.47. The molecule has 0 saturated heterocycles. The molecule has 0 fully saturated rings.